The summed E-state index contributed by atoms with van der Waals surface area (Å²) in [6, 6.07) is 6.32. The number of anilines is 2. The number of hydrazone groups is 1. The normalized spacial score (nSPS) is 11.8. The van der Waals surface area contributed by atoms with Crippen LogP contribution in [0.4, 0.5) is 20.3 Å². The third-order valence-corrected chi connectivity index (χ3v) is 6.47. The van der Waals surface area contributed by atoms with Crippen molar-refractivity contribution in [3.05, 3.63) is 58.6 Å². The summed E-state index contributed by atoms with van der Waals surface area (Å²) in [5.41, 5.74) is 7.91. The van der Waals surface area contributed by atoms with E-state index in [-0.39, 0.29) is 35.3 Å². The van der Waals surface area contributed by atoms with Crippen molar-refractivity contribution in [1.82, 2.24) is 9.88 Å². The average molecular weight is 490 g/mol. The number of aryl methyl sites for hydroxylation is 1. The molecule has 0 bridgehead atoms. The zero-order valence-corrected chi connectivity index (χ0v) is 20.2. The molecule has 6 N–H and O–H groups in total. The van der Waals surface area contributed by atoms with Crippen LogP contribution >= 0.6 is 11.3 Å². The maximum absolute atomic E-state index is 15.0. The Morgan fingerprint density at radius 1 is 1.18 bits per heavy atom. The van der Waals surface area contributed by atoms with Crippen LogP contribution in [0.1, 0.15) is 25.0 Å². The number of halogens is 2. The van der Waals surface area contributed by atoms with Gasteiger partial charge in [-0.15, -0.1) is 11.3 Å². The Kier molecular flexibility index (Phi) is 8.37. The van der Waals surface area contributed by atoms with Crippen molar-refractivity contribution < 1.29 is 13.5 Å². The number of rotatable bonds is 9. The molecule has 0 aliphatic rings. The van der Waals surface area contributed by atoms with E-state index in [1.54, 1.807) is 12.3 Å². The first kappa shape index (κ1) is 25.3. The van der Waals surface area contributed by atoms with E-state index in [2.05, 4.69) is 15.0 Å². The third kappa shape index (κ3) is 5.44. The van der Waals surface area contributed by atoms with E-state index < -0.39 is 11.6 Å². The van der Waals surface area contributed by atoms with Gasteiger partial charge in [0.2, 0.25) is 5.82 Å². The number of aromatic nitrogens is 1. The van der Waals surface area contributed by atoms with Gasteiger partial charge in [0, 0.05) is 23.2 Å². The summed E-state index contributed by atoms with van der Waals surface area (Å²) in [4.78, 5) is 7.26. The number of hydrazine groups is 1. The molecule has 0 fully saturated rings. The van der Waals surface area contributed by atoms with Gasteiger partial charge in [-0.3, -0.25) is 5.01 Å². The van der Waals surface area contributed by atoms with Crippen LogP contribution in [0.15, 0.2) is 40.9 Å². The summed E-state index contributed by atoms with van der Waals surface area (Å²) >= 11 is 1.53. The van der Waals surface area contributed by atoms with Gasteiger partial charge in [-0.1, -0.05) is 13.8 Å². The lowest BCUT2D eigenvalue weighted by Crippen LogP contribution is -2.40. The molecule has 0 aliphatic carbocycles. The molecule has 1 aromatic carbocycles. The van der Waals surface area contributed by atoms with Gasteiger partial charge in [0.05, 0.1) is 11.3 Å². The number of nitrogen functional groups attached to an aromatic ring is 1. The summed E-state index contributed by atoms with van der Waals surface area (Å²) in [6.07, 6.45) is 1.61. The summed E-state index contributed by atoms with van der Waals surface area (Å²) in [7, 11) is 0. The number of hydrogen-bond acceptors (Lipinski definition) is 8. The Bertz CT molecular complexity index is 1160. The van der Waals surface area contributed by atoms with Crippen molar-refractivity contribution in [2.24, 2.45) is 16.8 Å². The largest absolute Gasteiger partial charge is 0.489 e. The molecule has 0 saturated carbocycles. The number of benzene rings is 1. The molecule has 11 heteroatoms. The molecule has 0 atom stereocenters. The molecular weight excluding hydrogens is 460 g/mol. The predicted molar refractivity (Wildman–Crippen MR) is 134 cm³/mol. The lowest BCUT2D eigenvalue weighted by molar-refractivity contribution is 0.216. The maximum atomic E-state index is 15.0. The molecule has 0 aliphatic heterocycles. The number of nitrogens with zero attached hydrogens (tertiary/aromatic N) is 4. The van der Waals surface area contributed by atoms with Crippen LogP contribution in [0.25, 0.3) is 10.4 Å². The molecule has 182 valence electrons. The number of pyridine rings is 1. The molecule has 2 heterocycles. The molecule has 0 saturated heterocycles. The number of thiophene rings is 1. The van der Waals surface area contributed by atoms with Gasteiger partial charge in [-0.25, -0.2) is 15.2 Å². The van der Waals surface area contributed by atoms with Gasteiger partial charge in [0.1, 0.15) is 12.4 Å². The van der Waals surface area contributed by atoms with E-state index >= 15 is 0 Å². The Morgan fingerprint density at radius 3 is 2.53 bits per heavy atom. The van der Waals surface area contributed by atoms with Crippen LogP contribution in [0.5, 0.6) is 5.75 Å². The zero-order chi connectivity index (χ0) is 24.8. The van der Waals surface area contributed by atoms with Crippen molar-refractivity contribution in [2.45, 2.75) is 20.8 Å². The summed E-state index contributed by atoms with van der Waals surface area (Å²) in [5.74, 6) is 9.17. The highest BCUT2D eigenvalue weighted by Crippen LogP contribution is 2.31. The second-order valence-corrected chi connectivity index (χ2v) is 8.47. The van der Waals surface area contributed by atoms with Gasteiger partial charge < -0.3 is 21.2 Å². The highest BCUT2D eigenvalue weighted by atomic mass is 32.1. The van der Waals surface area contributed by atoms with Crippen LogP contribution in [0, 0.1) is 18.6 Å². The fraction of sp³-hybridized carbons (Fsp3) is 0.304. The molecule has 0 radical (unpaired) electrons. The molecule has 0 spiro atoms. The minimum atomic E-state index is -1.19. The smallest absolute Gasteiger partial charge is 0.202 e. The number of amidine groups is 1. The van der Waals surface area contributed by atoms with Crippen LogP contribution in [0.2, 0.25) is 0 Å². The van der Waals surface area contributed by atoms with Gasteiger partial charge >= 0.3 is 0 Å². The minimum Gasteiger partial charge on any atom is -0.489 e. The van der Waals surface area contributed by atoms with Crippen LogP contribution in [-0.2, 0) is 0 Å². The molecule has 0 unspecified atom stereocenters. The van der Waals surface area contributed by atoms with Gasteiger partial charge in [0.15, 0.2) is 17.4 Å². The Labute approximate surface area is 201 Å². The monoisotopic (exact) mass is 489 g/mol. The van der Waals surface area contributed by atoms with E-state index in [1.165, 1.54) is 23.5 Å². The van der Waals surface area contributed by atoms with Gasteiger partial charge in [-0.05, 0) is 55.2 Å². The first-order valence-electron chi connectivity index (χ1n) is 10.8. The third-order valence-electron chi connectivity index (χ3n) is 5.37. The lowest BCUT2D eigenvalue weighted by Gasteiger charge is -2.22. The number of hydrogen-bond donors (Lipinski definition) is 3. The number of nitrogens with two attached hydrogens (primary N) is 3. The highest BCUT2D eigenvalue weighted by Gasteiger charge is 2.23. The molecule has 3 aromatic rings. The zero-order valence-electron chi connectivity index (χ0n) is 19.4. The summed E-state index contributed by atoms with van der Waals surface area (Å²) in [6.45, 7) is 8.50. The second-order valence-electron chi connectivity index (χ2n) is 7.55. The van der Waals surface area contributed by atoms with Crippen molar-refractivity contribution in [1.29, 1.82) is 0 Å². The minimum absolute atomic E-state index is 0.0753. The van der Waals surface area contributed by atoms with Crippen molar-refractivity contribution in [2.75, 3.05) is 37.0 Å². The second kappa shape index (κ2) is 11.2. The average Bonchev–Trinajstić information content (AvgIpc) is 3.27. The number of likely N-dealkylation sites (N-methyl/N-ethyl adjacent to an activating group) is 1. The highest BCUT2D eigenvalue weighted by molar-refractivity contribution is 7.13. The Hall–Kier alpha value is -3.28. The topological polar surface area (TPSA) is 119 Å². The summed E-state index contributed by atoms with van der Waals surface area (Å²) < 4.78 is 35.2. The Balaban J connectivity index is 1.87. The van der Waals surface area contributed by atoms with E-state index in [9.17, 15) is 8.78 Å². The van der Waals surface area contributed by atoms with Crippen molar-refractivity contribution in [3.63, 3.8) is 0 Å². The first-order valence-corrected chi connectivity index (χ1v) is 11.7. The van der Waals surface area contributed by atoms with E-state index in [0.717, 1.165) is 34.1 Å². The van der Waals surface area contributed by atoms with Crippen molar-refractivity contribution >= 4 is 28.7 Å². The first-order chi connectivity index (χ1) is 16.3. The fourth-order valence-corrected chi connectivity index (χ4v) is 4.27. The lowest BCUT2D eigenvalue weighted by atomic mass is 10.1. The Morgan fingerprint density at radius 2 is 1.91 bits per heavy atom. The standard InChI is InChI=1S/C23H29F2N7OS/c1-4-31(5-2)8-9-33-18-7-6-17(20(24)21(18)25)32(28)23(30-27)16-11-15(12-29-22(16)26)19-10-14(3)13-34-19/h6-7,10-13H,4-5,8-9,27-28H2,1-3H3,(H2,26,29)/b30-23-. The fourth-order valence-electron chi connectivity index (χ4n) is 3.39. The van der Waals surface area contributed by atoms with E-state index in [0.29, 0.717) is 6.54 Å². The van der Waals surface area contributed by atoms with Crippen LogP contribution < -0.4 is 27.2 Å². The van der Waals surface area contributed by atoms with Crippen molar-refractivity contribution in [3.8, 4) is 16.2 Å². The van der Waals surface area contributed by atoms with Gasteiger partial charge in [0.25, 0.3) is 0 Å². The molecule has 2 aromatic heterocycles. The quantitative estimate of drug-likeness (QED) is 0.181. The van der Waals surface area contributed by atoms with E-state index in [1.807, 2.05) is 32.2 Å². The molecule has 0 amide bonds. The van der Waals surface area contributed by atoms with E-state index in [4.69, 9.17) is 22.2 Å². The summed E-state index contributed by atoms with van der Waals surface area (Å²) in [5, 5.41) is 6.54. The van der Waals surface area contributed by atoms with Crippen LogP contribution in [-0.4, -0.2) is 42.0 Å². The molecular formula is C23H29F2N7OS. The maximum Gasteiger partial charge on any atom is 0.202 e. The molecule has 34 heavy (non-hydrogen) atoms. The van der Waals surface area contributed by atoms with Crippen LogP contribution in [0.3, 0.4) is 0 Å². The van der Waals surface area contributed by atoms with Gasteiger partial charge in [-0.2, -0.15) is 9.49 Å². The number of ether oxygens (including phenoxy) is 1. The molecule has 3 rings (SSSR count). The predicted octanol–water partition coefficient (Wildman–Crippen LogP) is 3.70. The SMILES string of the molecule is CCN(CC)CCOc1ccc(N(N)/C(=N\N)c2cc(-c3cc(C)cs3)cnc2N)c(F)c1F. The molecule has 8 nitrogen and oxygen atoms in total.